The van der Waals surface area contributed by atoms with Crippen LogP contribution in [0, 0.1) is 11.8 Å². The van der Waals surface area contributed by atoms with Crippen molar-refractivity contribution in [2.75, 3.05) is 33.7 Å². The summed E-state index contributed by atoms with van der Waals surface area (Å²) < 4.78 is 0. The Morgan fingerprint density at radius 1 is 1.21 bits per heavy atom. The number of likely N-dealkylation sites (N-methyl/N-ethyl adjacent to an activating group) is 1. The Hall–Kier alpha value is -0.610. The summed E-state index contributed by atoms with van der Waals surface area (Å²) in [6.07, 6.45) is 4.19. The molecule has 2 N–H and O–H groups in total. The summed E-state index contributed by atoms with van der Waals surface area (Å²) in [5, 5.41) is 0. The van der Waals surface area contributed by atoms with Crippen LogP contribution < -0.4 is 5.73 Å². The molecule has 4 nitrogen and oxygen atoms in total. The SMILES string of the molecule is CCCN(CCN(C)C)C(=O)C1CCCC(N)C1C. The van der Waals surface area contributed by atoms with Crippen molar-refractivity contribution in [1.82, 2.24) is 9.80 Å². The van der Waals surface area contributed by atoms with E-state index in [-0.39, 0.29) is 12.0 Å². The molecule has 1 saturated carbocycles. The lowest BCUT2D eigenvalue weighted by Crippen LogP contribution is -2.47. The summed E-state index contributed by atoms with van der Waals surface area (Å²) in [4.78, 5) is 16.9. The number of hydrogen-bond acceptors (Lipinski definition) is 3. The van der Waals surface area contributed by atoms with E-state index in [2.05, 4.69) is 18.7 Å². The van der Waals surface area contributed by atoms with Crippen LogP contribution in [0.1, 0.15) is 39.5 Å². The van der Waals surface area contributed by atoms with E-state index in [1.54, 1.807) is 0 Å². The first kappa shape index (κ1) is 16.4. The summed E-state index contributed by atoms with van der Waals surface area (Å²) in [5.74, 6) is 0.781. The lowest BCUT2D eigenvalue weighted by Gasteiger charge is -2.36. The Bertz CT molecular complexity index is 281. The molecule has 0 radical (unpaired) electrons. The molecule has 1 fully saturated rings. The fourth-order valence-corrected chi connectivity index (χ4v) is 2.90. The van der Waals surface area contributed by atoms with Gasteiger partial charge in [-0.15, -0.1) is 0 Å². The molecule has 1 rings (SSSR count). The van der Waals surface area contributed by atoms with E-state index in [1.165, 1.54) is 0 Å². The molecule has 3 atom stereocenters. The van der Waals surface area contributed by atoms with Crippen molar-refractivity contribution in [2.24, 2.45) is 17.6 Å². The third-order valence-corrected chi connectivity index (χ3v) is 4.30. The highest BCUT2D eigenvalue weighted by Gasteiger charge is 2.34. The Morgan fingerprint density at radius 2 is 1.89 bits per heavy atom. The summed E-state index contributed by atoms with van der Waals surface area (Å²) in [7, 11) is 4.10. The van der Waals surface area contributed by atoms with Gasteiger partial charge in [0.15, 0.2) is 0 Å². The van der Waals surface area contributed by atoms with Crippen molar-refractivity contribution in [2.45, 2.75) is 45.6 Å². The molecular formula is C15H31N3O. The van der Waals surface area contributed by atoms with Gasteiger partial charge in [-0.25, -0.2) is 0 Å². The molecule has 0 aliphatic heterocycles. The minimum atomic E-state index is 0.137. The van der Waals surface area contributed by atoms with Gasteiger partial charge in [0, 0.05) is 31.6 Å². The summed E-state index contributed by atoms with van der Waals surface area (Å²) >= 11 is 0. The molecule has 0 bridgehead atoms. The van der Waals surface area contributed by atoms with E-state index in [0.717, 1.165) is 45.3 Å². The molecule has 4 heteroatoms. The molecule has 0 saturated heterocycles. The highest BCUT2D eigenvalue weighted by molar-refractivity contribution is 5.79. The quantitative estimate of drug-likeness (QED) is 0.796. The molecule has 0 aromatic rings. The maximum absolute atomic E-state index is 12.7. The van der Waals surface area contributed by atoms with Crippen molar-refractivity contribution >= 4 is 5.91 Å². The van der Waals surface area contributed by atoms with Gasteiger partial charge >= 0.3 is 0 Å². The Morgan fingerprint density at radius 3 is 2.47 bits per heavy atom. The van der Waals surface area contributed by atoms with E-state index >= 15 is 0 Å². The smallest absolute Gasteiger partial charge is 0.226 e. The molecule has 0 aromatic carbocycles. The van der Waals surface area contributed by atoms with Crippen LogP contribution >= 0.6 is 0 Å². The first-order valence-electron chi connectivity index (χ1n) is 7.66. The second-order valence-electron chi connectivity index (χ2n) is 6.19. The van der Waals surface area contributed by atoms with E-state index < -0.39 is 0 Å². The number of rotatable bonds is 6. The number of carbonyl (C=O) groups excluding carboxylic acids is 1. The van der Waals surface area contributed by atoms with Crippen LogP contribution in [0.4, 0.5) is 0 Å². The van der Waals surface area contributed by atoms with Gasteiger partial charge in [0.05, 0.1) is 0 Å². The average Bonchev–Trinajstić information content (AvgIpc) is 2.37. The van der Waals surface area contributed by atoms with E-state index in [1.807, 2.05) is 19.0 Å². The van der Waals surface area contributed by atoms with Crippen LogP contribution in [-0.2, 0) is 4.79 Å². The Balaban J connectivity index is 2.63. The number of nitrogens with zero attached hydrogens (tertiary/aromatic N) is 2. The van der Waals surface area contributed by atoms with E-state index in [4.69, 9.17) is 5.73 Å². The lowest BCUT2D eigenvalue weighted by molar-refractivity contribution is -0.138. The van der Waals surface area contributed by atoms with Crippen LogP contribution in [-0.4, -0.2) is 55.5 Å². The minimum absolute atomic E-state index is 0.137. The van der Waals surface area contributed by atoms with Crippen molar-refractivity contribution in [1.29, 1.82) is 0 Å². The van der Waals surface area contributed by atoms with Crippen molar-refractivity contribution in [3.63, 3.8) is 0 Å². The Kier molecular flexibility index (Phi) is 6.80. The van der Waals surface area contributed by atoms with Crippen molar-refractivity contribution in [3.8, 4) is 0 Å². The van der Waals surface area contributed by atoms with Crippen LogP contribution in [0.5, 0.6) is 0 Å². The molecule has 1 amide bonds. The fraction of sp³-hybridized carbons (Fsp3) is 0.933. The number of nitrogens with two attached hydrogens (primary N) is 1. The standard InChI is InChI=1S/C15H31N3O/c1-5-9-18(11-10-17(3)4)15(19)13-7-6-8-14(16)12(13)2/h12-14H,5-11,16H2,1-4H3. The van der Waals surface area contributed by atoms with Gasteiger partial charge in [-0.1, -0.05) is 20.3 Å². The predicted molar refractivity (Wildman–Crippen MR) is 79.9 cm³/mol. The first-order valence-corrected chi connectivity index (χ1v) is 7.66. The van der Waals surface area contributed by atoms with Gasteiger partial charge in [0.25, 0.3) is 0 Å². The molecule has 0 spiro atoms. The monoisotopic (exact) mass is 269 g/mol. The molecule has 19 heavy (non-hydrogen) atoms. The van der Waals surface area contributed by atoms with Gasteiger partial charge in [-0.3, -0.25) is 4.79 Å². The Labute approximate surface area is 118 Å². The topological polar surface area (TPSA) is 49.6 Å². The summed E-state index contributed by atoms with van der Waals surface area (Å²) in [6, 6.07) is 0.194. The van der Waals surface area contributed by atoms with Crippen LogP contribution in [0.3, 0.4) is 0 Å². The second-order valence-corrected chi connectivity index (χ2v) is 6.19. The third kappa shape index (κ3) is 4.77. The number of hydrogen-bond donors (Lipinski definition) is 1. The van der Waals surface area contributed by atoms with Gasteiger partial charge in [-0.05, 0) is 39.3 Å². The molecule has 1 aliphatic carbocycles. The van der Waals surface area contributed by atoms with Crippen molar-refractivity contribution in [3.05, 3.63) is 0 Å². The van der Waals surface area contributed by atoms with E-state index in [9.17, 15) is 4.79 Å². The zero-order valence-corrected chi connectivity index (χ0v) is 13.1. The molecule has 112 valence electrons. The van der Waals surface area contributed by atoms with Gasteiger partial charge < -0.3 is 15.5 Å². The summed E-state index contributed by atoms with van der Waals surface area (Å²) in [5.41, 5.74) is 6.12. The lowest BCUT2D eigenvalue weighted by atomic mass is 9.76. The van der Waals surface area contributed by atoms with Crippen LogP contribution in [0.25, 0.3) is 0 Å². The van der Waals surface area contributed by atoms with Crippen molar-refractivity contribution < 1.29 is 4.79 Å². The predicted octanol–water partition coefficient (Wildman–Crippen LogP) is 1.55. The van der Waals surface area contributed by atoms with Crippen LogP contribution in [0.2, 0.25) is 0 Å². The summed E-state index contributed by atoms with van der Waals surface area (Å²) in [6.45, 7) is 6.90. The van der Waals surface area contributed by atoms with Gasteiger partial charge in [0.1, 0.15) is 0 Å². The molecule has 1 aliphatic rings. The second kappa shape index (κ2) is 7.85. The van der Waals surface area contributed by atoms with Gasteiger partial charge in [-0.2, -0.15) is 0 Å². The zero-order chi connectivity index (χ0) is 14.4. The molecule has 0 heterocycles. The minimum Gasteiger partial charge on any atom is -0.341 e. The molecule has 3 unspecified atom stereocenters. The average molecular weight is 269 g/mol. The largest absolute Gasteiger partial charge is 0.341 e. The third-order valence-electron chi connectivity index (χ3n) is 4.30. The fourth-order valence-electron chi connectivity index (χ4n) is 2.90. The first-order chi connectivity index (χ1) is 8.97. The van der Waals surface area contributed by atoms with Gasteiger partial charge in [0.2, 0.25) is 5.91 Å². The maximum atomic E-state index is 12.7. The number of amides is 1. The molecular weight excluding hydrogens is 238 g/mol. The van der Waals surface area contributed by atoms with E-state index in [0.29, 0.717) is 11.8 Å². The molecule has 0 aromatic heterocycles. The zero-order valence-electron chi connectivity index (χ0n) is 13.1. The normalized spacial score (nSPS) is 27.6. The maximum Gasteiger partial charge on any atom is 0.226 e. The number of carbonyl (C=O) groups is 1. The highest BCUT2D eigenvalue weighted by Crippen LogP contribution is 2.30. The van der Waals surface area contributed by atoms with Crippen LogP contribution in [0.15, 0.2) is 0 Å². The highest BCUT2D eigenvalue weighted by atomic mass is 16.2.